The summed E-state index contributed by atoms with van der Waals surface area (Å²) in [6, 6.07) is 4.31. The van der Waals surface area contributed by atoms with Crippen molar-refractivity contribution in [2.75, 3.05) is 13.4 Å². The number of benzene rings is 1. The lowest BCUT2D eigenvalue weighted by Gasteiger charge is -2.36. The van der Waals surface area contributed by atoms with E-state index in [0.717, 1.165) is 18.6 Å². The molecule has 1 aliphatic rings. The monoisotopic (exact) mass is 265 g/mol. The minimum absolute atomic E-state index is 0.200. The molecule has 0 radical (unpaired) electrons. The maximum Gasteiger partial charge on any atom is 0.127 e. The van der Waals surface area contributed by atoms with Gasteiger partial charge in [0.25, 0.3) is 0 Å². The lowest BCUT2D eigenvalue weighted by molar-refractivity contribution is 0.283. The van der Waals surface area contributed by atoms with Crippen LogP contribution in [0.2, 0.25) is 0 Å². The molecule has 1 fully saturated rings. The number of aryl methyl sites for hydroxylation is 1. The van der Waals surface area contributed by atoms with Gasteiger partial charge in [-0.05, 0) is 37.7 Å². The van der Waals surface area contributed by atoms with Crippen LogP contribution in [-0.4, -0.2) is 13.4 Å². The average molecular weight is 265 g/mol. The topological polar surface area (TPSA) is 35.2 Å². The van der Waals surface area contributed by atoms with E-state index >= 15 is 0 Å². The molecule has 1 aliphatic carbocycles. The molecule has 2 nitrogen and oxygen atoms in total. The Morgan fingerprint density at radius 1 is 1.22 bits per heavy atom. The highest BCUT2D eigenvalue weighted by molar-refractivity contribution is 7.98. The zero-order valence-corrected chi connectivity index (χ0v) is 12.4. The van der Waals surface area contributed by atoms with Crippen LogP contribution in [0.3, 0.4) is 0 Å². The summed E-state index contributed by atoms with van der Waals surface area (Å²) in [6.45, 7) is 2.10. The predicted octanol–water partition coefficient (Wildman–Crippen LogP) is 3.84. The fourth-order valence-electron chi connectivity index (χ4n) is 3.01. The first kappa shape index (κ1) is 13.8. The van der Waals surface area contributed by atoms with Crippen molar-refractivity contribution >= 4 is 11.8 Å². The third-order valence-corrected chi connectivity index (χ3v) is 4.76. The number of methoxy groups -OCH3 is 1. The number of nitrogens with two attached hydrogens (primary N) is 1. The molecule has 1 aromatic rings. The molecule has 0 spiro atoms. The molecule has 0 saturated heterocycles. The van der Waals surface area contributed by atoms with E-state index in [0.29, 0.717) is 0 Å². The van der Waals surface area contributed by atoms with E-state index in [9.17, 15) is 0 Å². The van der Waals surface area contributed by atoms with Crippen molar-refractivity contribution in [2.24, 2.45) is 5.73 Å². The molecule has 0 aliphatic heterocycles. The van der Waals surface area contributed by atoms with E-state index < -0.39 is 0 Å². The van der Waals surface area contributed by atoms with Gasteiger partial charge in [0.2, 0.25) is 0 Å². The molecule has 1 aromatic carbocycles. The molecule has 0 aromatic heterocycles. The largest absolute Gasteiger partial charge is 0.496 e. The first-order valence-corrected chi connectivity index (χ1v) is 7.86. The van der Waals surface area contributed by atoms with E-state index in [1.54, 1.807) is 18.9 Å². The highest BCUT2D eigenvalue weighted by Gasteiger charge is 2.34. The molecule has 100 valence electrons. The fourth-order valence-corrected chi connectivity index (χ4v) is 3.71. The van der Waals surface area contributed by atoms with Gasteiger partial charge in [0.15, 0.2) is 0 Å². The quantitative estimate of drug-likeness (QED) is 0.843. The highest BCUT2D eigenvalue weighted by Crippen LogP contribution is 2.44. The molecule has 0 unspecified atom stereocenters. The molecule has 2 rings (SSSR count). The predicted molar refractivity (Wildman–Crippen MR) is 78.5 cm³/mol. The molecular weight excluding hydrogens is 242 g/mol. The second kappa shape index (κ2) is 5.54. The summed E-state index contributed by atoms with van der Waals surface area (Å²) in [7, 11) is 1.75. The van der Waals surface area contributed by atoms with Gasteiger partial charge in [0, 0.05) is 16.0 Å². The summed E-state index contributed by atoms with van der Waals surface area (Å²) >= 11 is 1.77. The number of thioether (sulfide) groups is 1. The first-order valence-electron chi connectivity index (χ1n) is 6.63. The molecular formula is C15H23NOS. The van der Waals surface area contributed by atoms with Crippen LogP contribution in [0.5, 0.6) is 5.75 Å². The Bertz CT molecular complexity index is 425. The normalized spacial score (nSPS) is 18.7. The van der Waals surface area contributed by atoms with E-state index in [1.807, 2.05) is 0 Å². The lowest BCUT2D eigenvalue weighted by Crippen LogP contribution is -2.39. The zero-order valence-electron chi connectivity index (χ0n) is 11.6. The van der Waals surface area contributed by atoms with E-state index in [1.165, 1.54) is 35.3 Å². The maximum absolute atomic E-state index is 6.71. The second-order valence-electron chi connectivity index (χ2n) is 5.21. The third-order valence-electron chi connectivity index (χ3n) is 3.98. The smallest absolute Gasteiger partial charge is 0.127 e. The van der Waals surface area contributed by atoms with Gasteiger partial charge >= 0.3 is 0 Å². The van der Waals surface area contributed by atoms with Crippen molar-refractivity contribution in [3.63, 3.8) is 0 Å². The summed E-state index contributed by atoms with van der Waals surface area (Å²) in [5.74, 6) is 0.992. The number of hydrogen-bond acceptors (Lipinski definition) is 3. The Morgan fingerprint density at radius 2 is 1.89 bits per heavy atom. The first-order chi connectivity index (χ1) is 8.62. The van der Waals surface area contributed by atoms with Crippen molar-refractivity contribution in [3.8, 4) is 5.75 Å². The standard InChI is InChI=1S/C15H23NOS/c1-11-7-8-12(18-3)13(14(11)17-2)15(16)9-5-4-6-10-15/h7-8H,4-6,9-10,16H2,1-3H3. The summed E-state index contributed by atoms with van der Waals surface area (Å²) in [5, 5.41) is 0. The van der Waals surface area contributed by atoms with E-state index in [-0.39, 0.29) is 5.54 Å². The van der Waals surface area contributed by atoms with Gasteiger partial charge in [-0.15, -0.1) is 11.8 Å². The van der Waals surface area contributed by atoms with Crippen molar-refractivity contribution in [1.82, 2.24) is 0 Å². The Hall–Kier alpha value is -0.670. The minimum Gasteiger partial charge on any atom is -0.496 e. The van der Waals surface area contributed by atoms with Crippen molar-refractivity contribution < 1.29 is 4.74 Å². The molecule has 0 amide bonds. The van der Waals surface area contributed by atoms with Crippen LogP contribution < -0.4 is 10.5 Å². The average Bonchev–Trinajstić information content (AvgIpc) is 2.39. The lowest BCUT2D eigenvalue weighted by atomic mass is 9.76. The van der Waals surface area contributed by atoms with Crippen LogP contribution in [0.4, 0.5) is 0 Å². The molecule has 0 atom stereocenters. The SMILES string of the molecule is COc1c(C)ccc(SC)c1C1(N)CCCCC1. The van der Waals surface area contributed by atoms with Crippen LogP contribution in [0.15, 0.2) is 17.0 Å². The Balaban J connectivity index is 2.55. The number of hydrogen-bond donors (Lipinski definition) is 1. The van der Waals surface area contributed by atoms with Gasteiger partial charge < -0.3 is 10.5 Å². The van der Waals surface area contributed by atoms with Gasteiger partial charge in [-0.25, -0.2) is 0 Å². The number of rotatable bonds is 3. The van der Waals surface area contributed by atoms with Crippen molar-refractivity contribution in [3.05, 3.63) is 23.3 Å². The Kier molecular flexibility index (Phi) is 4.23. The highest BCUT2D eigenvalue weighted by atomic mass is 32.2. The summed E-state index contributed by atoms with van der Waals surface area (Å²) in [6.07, 6.45) is 8.01. The second-order valence-corrected chi connectivity index (χ2v) is 6.06. The summed E-state index contributed by atoms with van der Waals surface area (Å²) < 4.78 is 5.64. The van der Waals surface area contributed by atoms with E-state index in [4.69, 9.17) is 10.5 Å². The van der Waals surface area contributed by atoms with Gasteiger partial charge in [0.05, 0.1) is 7.11 Å². The van der Waals surface area contributed by atoms with E-state index in [2.05, 4.69) is 25.3 Å². The maximum atomic E-state index is 6.71. The van der Waals surface area contributed by atoms with Crippen molar-refractivity contribution in [1.29, 1.82) is 0 Å². The Morgan fingerprint density at radius 3 is 2.44 bits per heavy atom. The third kappa shape index (κ3) is 2.39. The minimum atomic E-state index is -0.200. The van der Waals surface area contributed by atoms with Gasteiger partial charge in [0.1, 0.15) is 5.75 Å². The van der Waals surface area contributed by atoms with Gasteiger partial charge in [-0.3, -0.25) is 0 Å². The van der Waals surface area contributed by atoms with Gasteiger partial charge in [-0.1, -0.05) is 25.3 Å². The van der Waals surface area contributed by atoms with Crippen LogP contribution in [0.25, 0.3) is 0 Å². The van der Waals surface area contributed by atoms with Crippen LogP contribution in [0, 0.1) is 6.92 Å². The Labute approximate surface area is 114 Å². The molecule has 0 heterocycles. The van der Waals surface area contributed by atoms with Gasteiger partial charge in [-0.2, -0.15) is 0 Å². The number of ether oxygens (including phenoxy) is 1. The molecule has 0 bridgehead atoms. The van der Waals surface area contributed by atoms with Crippen LogP contribution in [-0.2, 0) is 5.54 Å². The van der Waals surface area contributed by atoms with Crippen LogP contribution in [0.1, 0.15) is 43.2 Å². The molecule has 2 N–H and O–H groups in total. The molecule has 3 heteroatoms. The summed E-state index contributed by atoms with van der Waals surface area (Å²) in [5.41, 5.74) is 8.92. The molecule has 18 heavy (non-hydrogen) atoms. The zero-order chi connectivity index (χ0) is 13.2. The van der Waals surface area contributed by atoms with Crippen LogP contribution >= 0.6 is 11.8 Å². The van der Waals surface area contributed by atoms with Crippen molar-refractivity contribution in [2.45, 2.75) is 49.5 Å². The molecule has 1 saturated carbocycles. The summed E-state index contributed by atoms with van der Waals surface area (Å²) in [4.78, 5) is 1.27. The fraction of sp³-hybridized carbons (Fsp3) is 0.600.